The van der Waals surface area contributed by atoms with E-state index < -0.39 is 0 Å². The van der Waals surface area contributed by atoms with Crippen molar-refractivity contribution in [2.24, 2.45) is 5.41 Å². The van der Waals surface area contributed by atoms with Gasteiger partial charge in [-0.3, -0.25) is 4.79 Å². The Bertz CT molecular complexity index is 214. The minimum Gasteiger partial charge on any atom is -0.290 e. The van der Waals surface area contributed by atoms with Gasteiger partial charge in [-0.1, -0.05) is 71.4 Å². The van der Waals surface area contributed by atoms with E-state index in [4.69, 9.17) is 0 Å². The Morgan fingerprint density at radius 1 is 0.889 bits per heavy atom. The normalized spacial score (nSPS) is 12.2. The van der Waals surface area contributed by atoms with E-state index in [0.717, 1.165) is 19.3 Å². The molecule has 0 rings (SSSR count). The Hall–Kier alpha value is -0.590. The van der Waals surface area contributed by atoms with Crippen molar-refractivity contribution < 1.29 is 4.79 Å². The van der Waals surface area contributed by atoms with Gasteiger partial charge in [0.15, 0.2) is 0 Å². The van der Waals surface area contributed by atoms with E-state index in [1.54, 1.807) is 0 Å². The maximum Gasteiger partial charge on any atom is 0.209 e. The van der Waals surface area contributed by atoms with Crippen LogP contribution in [-0.2, 0) is 4.79 Å². The molecule has 0 N–H and O–H groups in total. The molecule has 0 heterocycles. The molecule has 0 aliphatic rings. The van der Waals surface area contributed by atoms with Gasteiger partial charge in [-0.2, -0.15) is 0 Å². The third-order valence-electron chi connectivity index (χ3n) is 3.88. The lowest BCUT2D eigenvalue weighted by Gasteiger charge is -2.18. The van der Waals surface area contributed by atoms with Crippen molar-refractivity contribution in [1.82, 2.24) is 0 Å². The highest BCUT2D eigenvalue weighted by atomic mass is 16.1. The lowest BCUT2D eigenvalue weighted by molar-refractivity contribution is 0.436. The second-order valence-corrected chi connectivity index (χ2v) is 5.28. The summed E-state index contributed by atoms with van der Waals surface area (Å²) < 4.78 is 0. The van der Waals surface area contributed by atoms with E-state index >= 15 is 0 Å². The van der Waals surface area contributed by atoms with Crippen LogP contribution in [0, 0.1) is 5.41 Å². The van der Waals surface area contributed by atoms with Crippen LogP contribution in [0.1, 0.15) is 85.0 Å². The van der Waals surface area contributed by atoms with Gasteiger partial charge in [0.2, 0.25) is 6.29 Å². The van der Waals surface area contributed by atoms with Crippen LogP contribution in [0.25, 0.3) is 0 Å². The molecule has 0 aromatic heterocycles. The maximum atomic E-state index is 11.0. The van der Waals surface area contributed by atoms with Crippen LogP contribution in [0.4, 0.5) is 0 Å². The van der Waals surface area contributed by atoms with Gasteiger partial charge in [-0.05, 0) is 25.7 Å². The van der Waals surface area contributed by atoms with Crippen LogP contribution in [-0.4, -0.2) is 6.29 Å². The molecular formula is C17H31O. The molecule has 105 valence electrons. The molecule has 0 aromatic carbocycles. The van der Waals surface area contributed by atoms with Crippen molar-refractivity contribution in [2.75, 3.05) is 0 Å². The van der Waals surface area contributed by atoms with E-state index in [1.807, 2.05) is 0 Å². The smallest absolute Gasteiger partial charge is 0.209 e. The quantitative estimate of drug-likeness (QED) is 0.326. The summed E-state index contributed by atoms with van der Waals surface area (Å²) in [6, 6.07) is 0. The van der Waals surface area contributed by atoms with Crippen molar-refractivity contribution in [3.8, 4) is 0 Å². The van der Waals surface area contributed by atoms with Gasteiger partial charge in [0.05, 0.1) is 5.41 Å². The summed E-state index contributed by atoms with van der Waals surface area (Å²) in [6.45, 7) is 6.38. The molecule has 0 atom stereocenters. The molecule has 0 unspecified atom stereocenters. The van der Waals surface area contributed by atoms with Crippen LogP contribution in [0.2, 0.25) is 0 Å². The SMILES string of the molecule is CCCCCCCCCC=CC([C]=O)(CC)CC. The molecule has 0 aliphatic carbocycles. The van der Waals surface area contributed by atoms with Crippen LogP contribution < -0.4 is 0 Å². The van der Waals surface area contributed by atoms with Gasteiger partial charge < -0.3 is 0 Å². The van der Waals surface area contributed by atoms with E-state index in [9.17, 15) is 4.79 Å². The molecule has 0 amide bonds. The van der Waals surface area contributed by atoms with Crippen LogP contribution in [0.3, 0.4) is 0 Å². The minimum atomic E-state index is -0.318. The average Bonchev–Trinajstić information content (AvgIpc) is 2.42. The van der Waals surface area contributed by atoms with E-state index in [2.05, 4.69) is 39.2 Å². The predicted molar refractivity (Wildman–Crippen MR) is 80.5 cm³/mol. The van der Waals surface area contributed by atoms with Crippen molar-refractivity contribution in [2.45, 2.75) is 85.0 Å². The lowest BCUT2D eigenvalue weighted by atomic mass is 9.83. The fourth-order valence-corrected chi connectivity index (χ4v) is 2.19. The molecule has 18 heavy (non-hydrogen) atoms. The molecule has 0 saturated heterocycles. The summed E-state index contributed by atoms with van der Waals surface area (Å²) in [6.07, 6.45) is 18.7. The topological polar surface area (TPSA) is 17.1 Å². The predicted octanol–water partition coefficient (Wildman–Crippen LogP) is 5.60. The Kier molecular flexibility index (Phi) is 11.1. The third kappa shape index (κ3) is 7.68. The lowest BCUT2D eigenvalue weighted by Crippen LogP contribution is -2.16. The largest absolute Gasteiger partial charge is 0.290 e. The first kappa shape index (κ1) is 17.4. The van der Waals surface area contributed by atoms with Crippen molar-refractivity contribution in [1.29, 1.82) is 0 Å². The Balaban J connectivity index is 3.61. The van der Waals surface area contributed by atoms with Crippen LogP contribution in [0.15, 0.2) is 12.2 Å². The van der Waals surface area contributed by atoms with Gasteiger partial charge in [0, 0.05) is 0 Å². The Morgan fingerprint density at radius 2 is 1.44 bits per heavy atom. The number of hydrogen-bond acceptors (Lipinski definition) is 1. The number of rotatable bonds is 12. The summed E-state index contributed by atoms with van der Waals surface area (Å²) in [5.74, 6) is 0. The first-order chi connectivity index (χ1) is 8.74. The second kappa shape index (κ2) is 11.5. The summed E-state index contributed by atoms with van der Waals surface area (Å²) in [4.78, 5) is 11.0. The molecule has 0 fully saturated rings. The maximum absolute atomic E-state index is 11.0. The fraction of sp³-hybridized carbons (Fsp3) is 0.824. The van der Waals surface area contributed by atoms with Gasteiger partial charge in [-0.15, -0.1) is 0 Å². The van der Waals surface area contributed by atoms with Crippen molar-refractivity contribution >= 4 is 6.29 Å². The number of carbonyl (C=O) groups excluding carboxylic acids is 1. The zero-order chi connectivity index (χ0) is 13.7. The molecule has 0 bridgehead atoms. The molecule has 0 saturated carbocycles. The van der Waals surface area contributed by atoms with Crippen LogP contribution >= 0.6 is 0 Å². The summed E-state index contributed by atoms with van der Waals surface area (Å²) in [7, 11) is 0. The molecule has 1 nitrogen and oxygen atoms in total. The molecule has 1 heteroatoms. The molecule has 1 radical (unpaired) electrons. The number of allylic oxidation sites excluding steroid dienone is 2. The number of hydrogen-bond donors (Lipinski definition) is 0. The van der Waals surface area contributed by atoms with E-state index in [0.29, 0.717) is 0 Å². The van der Waals surface area contributed by atoms with Gasteiger partial charge in [0.1, 0.15) is 0 Å². The first-order valence-corrected chi connectivity index (χ1v) is 7.81. The average molecular weight is 251 g/mol. The molecule has 0 spiro atoms. The van der Waals surface area contributed by atoms with Gasteiger partial charge in [-0.25, -0.2) is 0 Å². The van der Waals surface area contributed by atoms with Gasteiger partial charge >= 0.3 is 0 Å². The fourth-order valence-electron chi connectivity index (χ4n) is 2.19. The third-order valence-corrected chi connectivity index (χ3v) is 3.88. The Morgan fingerprint density at radius 3 is 1.94 bits per heavy atom. The highest BCUT2D eigenvalue weighted by Crippen LogP contribution is 2.25. The van der Waals surface area contributed by atoms with Gasteiger partial charge in [0.25, 0.3) is 0 Å². The highest BCUT2D eigenvalue weighted by Gasteiger charge is 2.22. The molecule has 0 aromatic rings. The first-order valence-electron chi connectivity index (χ1n) is 7.81. The summed E-state index contributed by atoms with van der Waals surface area (Å²) >= 11 is 0. The standard InChI is InChI=1S/C17H31O/c1-4-7-8-9-10-11-12-13-14-15-17(5-2,6-3)16-18/h14-15H,4-13H2,1-3H3. The molecule has 0 aliphatic heterocycles. The zero-order valence-electron chi connectivity index (χ0n) is 12.6. The minimum absolute atomic E-state index is 0.318. The number of unbranched alkanes of at least 4 members (excludes halogenated alkanes) is 7. The zero-order valence-corrected chi connectivity index (χ0v) is 12.6. The summed E-state index contributed by atoms with van der Waals surface area (Å²) in [5, 5.41) is 0. The molecular weight excluding hydrogens is 220 g/mol. The Labute approximate surface area is 114 Å². The summed E-state index contributed by atoms with van der Waals surface area (Å²) in [5.41, 5.74) is -0.318. The van der Waals surface area contributed by atoms with E-state index in [-0.39, 0.29) is 5.41 Å². The van der Waals surface area contributed by atoms with E-state index in [1.165, 1.54) is 44.9 Å². The highest BCUT2D eigenvalue weighted by molar-refractivity contribution is 5.63. The second-order valence-electron chi connectivity index (χ2n) is 5.28. The van der Waals surface area contributed by atoms with Crippen molar-refractivity contribution in [3.05, 3.63) is 12.2 Å². The van der Waals surface area contributed by atoms with Crippen LogP contribution in [0.5, 0.6) is 0 Å². The monoisotopic (exact) mass is 251 g/mol. The van der Waals surface area contributed by atoms with Crippen molar-refractivity contribution in [3.63, 3.8) is 0 Å².